The van der Waals surface area contributed by atoms with Gasteiger partial charge in [0.25, 0.3) is 0 Å². The Hall–Kier alpha value is -3.28. The van der Waals surface area contributed by atoms with Crippen LogP contribution < -0.4 is 15.1 Å². The largest absolute Gasteiger partial charge is 0.497 e. The quantitative estimate of drug-likeness (QED) is 0.334. The second-order valence-corrected chi connectivity index (χ2v) is 7.59. The van der Waals surface area contributed by atoms with Crippen molar-refractivity contribution < 1.29 is 13.9 Å². The fourth-order valence-electron chi connectivity index (χ4n) is 3.57. The Morgan fingerprint density at radius 3 is 2.28 bits per heavy atom. The molecule has 0 bridgehead atoms. The van der Waals surface area contributed by atoms with Crippen LogP contribution in [-0.2, 0) is 19.7 Å². The van der Waals surface area contributed by atoms with E-state index in [1.165, 1.54) is 17.2 Å². The van der Waals surface area contributed by atoms with Crippen LogP contribution in [-0.4, -0.2) is 19.1 Å². The molecule has 6 heteroatoms. The summed E-state index contributed by atoms with van der Waals surface area (Å²) in [6.07, 6.45) is 0. The van der Waals surface area contributed by atoms with E-state index in [2.05, 4.69) is 36.2 Å². The highest BCUT2D eigenvalue weighted by Crippen LogP contribution is 2.21. The zero-order valence-electron chi connectivity index (χ0n) is 18.1. The van der Waals surface area contributed by atoms with Crippen molar-refractivity contribution in [3.8, 4) is 11.5 Å². The molecule has 0 spiro atoms. The summed E-state index contributed by atoms with van der Waals surface area (Å²) < 4.78 is 16.5. The van der Waals surface area contributed by atoms with Gasteiger partial charge in [-0.25, -0.2) is 4.79 Å². The van der Waals surface area contributed by atoms with Gasteiger partial charge in [0.05, 0.1) is 7.11 Å². The first-order valence-corrected chi connectivity index (χ1v) is 10.1. The number of rotatable bonds is 8. The molecule has 0 atom stereocenters. The molecule has 0 unspecified atom stereocenters. The average molecular weight is 452 g/mol. The molecule has 166 valence electrons. The molecule has 3 aromatic carbocycles. The van der Waals surface area contributed by atoms with E-state index >= 15 is 0 Å². The van der Waals surface area contributed by atoms with Crippen molar-refractivity contribution in [3.63, 3.8) is 0 Å². The molecule has 4 rings (SSSR count). The third kappa shape index (κ3) is 6.13. The first-order chi connectivity index (χ1) is 15.1. The molecular weight excluding hydrogens is 426 g/mol. The van der Waals surface area contributed by atoms with Gasteiger partial charge < -0.3 is 13.9 Å². The molecule has 1 aromatic heterocycles. The lowest BCUT2D eigenvalue weighted by molar-refractivity contribution is 0.304. The number of halogens is 1. The molecule has 0 saturated carbocycles. The van der Waals surface area contributed by atoms with Crippen molar-refractivity contribution in [2.24, 2.45) is 0 Å². The Labute approximate surface area is 193 Å². The highest BCUT2D eigenvalue weighted by atomic mass is 35.5. The number of benzene rings is 3. The van der Waals surface area contributed by atoms with Gasteiger partial charge in [0.2, 0.25) is 0 Å². The fourth-order valence-corrected chi connectivity index (χ4v) is 3.57. The summed E-state index contributed by atoms with van der Waals surface area (Å²) in [6, 6.07) is 25.2. The number of hydrogen-bond donors (Lipinski definition) is 0. The first kappa shape index (κ1) is 23.4. The summed E-state index contributed by atoms with van der Waals surface area (Å²) >= 11 is 0. The molecule has 0 amide bonds. The minimum Gasteiger partial charge on any atom is -0.497 e. The van der Waals surface area contributed by atoms with Gasteiger partial charge in [0, 0.05) is 30.6 Å². The van der Waals surface area contributed by atoms with E-state index in [9.17, 15) is 4.79 Å². The maximum absolute atomic E-state index is 11.4. The van der Waals surface area contributed by atoms with Crippen LogP contribution >= 0.6 is 12.4 Å². The van der Waals surface area contributed by atoms with Gasteiger partial charge >= 0.3 is 5.63 Å². The van der Waals surface area contributed by atoms with Gasteiger partial charge in [-0.2, -0.15) is 0 Å². The van der Waals surface area contributed by atoms with Crippen molar-refractivity contribution in [3.05, 3.63) is 106 Å². The Morgan fingerprint density at radius 2 is 1.50 bits per heavy atom. The molecule has 0 saturated heterocycles. The Kier molecular flexibility index (Phi) is 7.92. The molecule has 0 aliphatic carbocycles. The van der Waals surface area contributed by atoms with Gasteiger partial charge in [-0.15, -0.1) is 12.4 Å². The van der Waals surface area contributed by atoms with E-state index in [0.29, 0.717) is 17.9 Å². The van der Waals surface area contributed by atoms with Crippen LogP contribution in [0.1, 0.15) is 16.7 Å². The lowest BCUT2D eigenvalue weighted by Gasteiger charge is -2.18. The van der Waals surface area contributed by atoms with Crippen LogP contribution in [0.2, 0.25) is 0 Å². The molecule has 0 radical (unpaired) electrons. The van der Waals surface area contributed by atoms with Crippen LogP contribution in [0.15, 0.2) is 88.1 Å². The molecular formula is C26H26ClNO4. The maximum Gasteiger partial charge on any atom is 0.336 e. The normalized spacial score (nSPS) is 10.7. The second-order valence-electron chi connectivity index (χ2n) is 7.59. The summed E-state index contributed by atoms with van der Waals surface area (Å²) in [5.74, 6) is 1.54. The third-order valence-electron chi connectivity index (χ3n) is 5.03. The van der Waals surface area contributed by atoms with Crippen molar-refractivity contribution in [1.82, 2.24) is 4.90 Å². The zero-order chi connectivity index (χ0) is 21.6. The Balaban J connectivity index is 0.00000289. The number of fused-ring (bicyclic) bond motifs is 1. The molecule has 32 heavy (non-hydrogen) atoms. The summed E-state index contributed by atoms with van der Waals surface area (Å²) in [4.78, 5) is 13.7. The fraction of sp³-hybridized carbons (Fsp3) is 0.192. The molecule has 0 aliphatic rings. The number of nitrogens with zero attached hydrogens (tertiary/aromatic N) is 1. The van der Waals surface area contributed by atoms with Crippen molar-refractivity contribution in [1.29, 1.82) is 0 Å². The standard InChI is InChI=1S/C26H25NO4.ClH/c1-27(17-20-6-4-8-23(14-20)29-2)16-19-5-3-7-21(13-19)18-30-24-11-9-22-10-12-26(28)31-25(22)15-24;/h3-15H,16-18H2,1-2H3;1H. The van der Waals surface area contributed by atoms with E-state index in [1.807, 2.05) is 36.4 Å². The zero-order valence-corrected chi connectivity index (χ0v) is 18.9. The number of hydrogen-bond acceptors (Lipinski definition) is 5. The van der Waals surface area contributed by atoms with Gasteiger partial charge in [0.1, 0.15) is 23.7 Å². The van der Waals surface area contributed by atoms with Gasteiger partial charge in [-0.05, 0) is 54.1 Å². The number of methoxy groups -OCH3 is 1. The van der Waals surface area contributed by atoms with E-state index in [-0.39, 0.29) is 18.0 Å². The van der Waals surface area contributed by atoms with Crippen LogP contribution in [0, 0.1) is 0 Å². The van der Waals surface area contributed by atoms with E-state index < -0.39 is 0 Å². The summed E-state index contributed by atoms with van der Waals surface area (Å²) in [5.41, 5.74) is 3.68. The van der Waals surface area contributed by atoms with Gasteiger partial charge in [-0.1, -0.05) is 36.4 Å². The first-order valence-electron chi connectivity index (χ1n) is 10.1. The Bertz CT molecular complexity index is 1240. The summed E-state index contributed by atoms with van der Waals surface area (Å²) in [6.45, 7) is 2.10. The van der Waals surface area contributed by atoms with Crippen molar-refractivity contribution in [2.45, 2.75) is 19.7 Å². The molecule has 5 nitrogen and oxygen atoms in total. The predicted octanol–water partition coefficient (Wildman–Crippen LogP) is 5.43. The minimum atomic E-state index is -0.365. The maximum atomic E-state index is 11.4. The lowest BCUT2D eigenvalue weighted by atomic mass is 10.1. The highest BCUT2D eigenvalue weighted by molar-refractivity contribution is 5.85. The van der Waals surface area contributed by atoms with Crippen molar-refractivity contribution >= 4 is 23.4 Å². The van der Waals surface area contributed by atoms with Crippen LogP contribution in [0.3, 0.4) is 0 Å². The van der Waals surface area contributed by atoms with Crippen LogP contribution in [0.25, 0.3) is 11.0 Å². The molecule has 0 N–H and O–H groups in total. The van der Waals surface area contributed by atoms with Gasteiger partial charge in [-0.3, -0.25) is 4.90 Å². The Morgan fingerprint density at radius 1 is 0.812 bits per heavy atom. The van der Waals surface area contributed by atoms with Crippen molar-refractivity contribution in [2.75, 3.05) is 14.2 Å². The second kappa shape index (κ2) is 10.8. The lowest BCUT2D eigenvalue weighted by Crippen LogP contribution is -2.17. The molecule has 4 aromatic rings. The SMILES string of the molecule is COc1cccc(CN(C)Cc2cccc(COc3ccc4ccc(=O)oc4c3)c2)c1.Cl. The molecule has 0 aliphatic heterocycles. The summed E-state index contributed by atoms with van der Waals surface area (Å²) in [5, 5.41) is 0.869. The summed E-state index contributed by atoms with van der Waals surface area (Å²) in [7, 11) is 3.79. The van der Waals surface area contributed by atoms with Crippen LogP contribution in [0.4, 0.5) is 0 Å². The third-order valence-corrected chi connectivity index (χ3v) is 5.03. The van der Waals surface area contributed by atoms with E-state index in [1.54, 1.807) is 19.2 Å². The highest BCUT2D eigenvalue weighted by Gasteiger charge is 2.06. The monoisotopic (exact) mass is 451 g/mol. The van der Waals surface area contributed by atoms with Gasteiger partial charge in [0.15, 0.2) is 0 Å². The topological polar surface area (TPSA) is 51.9 Å². The van der Waals surface area contributed by atoms with E-state index in [0.717, 1.165) is 29.8 Å². The smallest absolute Gasteiger partial charge is 0.336 e. The van der Waals surface area contributed by atoms with Crippen LogP contribution in [0.5, 0.6) is 11.5 Å². The number of ether oxygens (including phenoxy) is 2. The predicted molar refractivity (Wildman–Crippen MR) is 129 cm³/mol. The molecule has 1 heterocycles. The molecule has 0 fully saturated rings. The minimum absolute atomic E-state index is 0. The average Bonchev–Trinajstić information content (AvgIpc) is 2.77. The van der Waals surface area contributed by atoms with E-state index in [4.69, 9.17) is 13.9 Å².